The number of carbonyl (C=O) groups excluding carboxylic acids is 1. The number of aromatic nitrogens is 4. The van der Waals surface area contributed by atoms with Crippen LogP contribution >= 0.6 is 0 Å². The Hall–Kier alpha value is -2.98. The van der Waals surface area contributed by atoms with Gasteiger partial charge in [0.15, 0.2) is 0 Å². The molecule has 30 heavy (non-hydrogen) atoms. The summed E-state index contributed by atoms with van der Waals surface area (Å²) in [6, 6.07) is 9.10. The summed E-state index contributed by atoms with van der Waals surface area (Å²) in [5.74, 6) is -0.871. The summed E-state index contributed by atoms with van der Waals surface area (Å²) in [5.41, 5.74) is 2.37. The second-order valence-corrected chi connectivity index (χ2v) is 9.02. The molecule has 10 heteroatoms. The Labute approximate surface area is 174 Å². The van der Waals surface area contributed by atoms with Gasteiger partial charge in [0.25, 0.3) is 10.0 Å². The second-order valence-electron chi connectivity index (χ2n) is 7.25. The van der Waals surface area contributed by atoms with E-state index in [0.29, 0.717) is 23.5 Å². The van der Waals surface area contributed by atoms with Crippen LogP contribution in [0.3, 0.4) is 0 Å². The molecule has 2 aromatic heterocycles. The van der Waals surface area contributed by atoms with Gasteiger partial charge in [0.2, 0.25) is 5.91 Å². The Morgan fingerprint density at radius 1 is 1.17 bits per heavy atom. The lowest BCUT2D eigenvalue weighted by atomic mass is 9.98. The van der Waals surface area contributed by atoms with Gasteiger partial charge in [0.05, 0.1) is 30.5 Å². The van der Waals surface area contributed by atoms with Crippen LogP contribution in [0.25, 0.3) is 0 Å². The third-order valence-electron chi connectivity index (χ3n) is 5.30. The number of aliphatic hydroxyl groups is 1. The van der Waals surface area contributed by atoms with E-state index in [1.165, 1.54) is 12.4 Å². The van der Waals surface area contributed by atoms with Gasteiger partial charge in [-0.05, 0) is 19.4 Å². The van der Waals surface area contributed by atoms with Gasteiger partial charge < -0.3 is 10.0 Å². The maximum atomic E-state index is 13.0. The number of benzene rings is 1. The summed E-state index contributed by atoms with van der Waals surface area (Å²) in [6.07, 6.45) is 2.95. The number of amides is 1. The van der Waals surface area contributed by atoms with E-state index >= 15 is 0 Å². The first kappa shape index (κ1) is 20.3. The number of nitrogens with zero attached hydrogens (tertiary/aromatic N) is 5. The number of fused-ring (bicyclic) bond motifs is 1. The molecule has 3 aromatic rings. The highest BCUT2D eigenvalue weighted by atomic mass is 32.2. The Kier molecular flexibility index (Phi) is 5.20. The minimum atomic E-state index is -3.86. The van der Waals surface area contributed by atoms with E-state index in [1.54, 1.807) is 28.6 Å². The molecule has 3 heterocycles. The lowest BCUT2D eigenvalue weighted by Crippen LogP contribution is -2.33. The highest BCUT2D eigenvalue weighted by Gasteiger charge is 2.33. The molecule has 1 aliphatic rings. The standard InChI is InChI=1S/C20H23N5O4S/c1-3-24-12-19(14(2)21-24)30(28,29)25-10-16-9-23(11-18(16)22-25)20(27)17(13-26)15-7-5-4-6-8-15/h4-8,10,12,17,26H,3,9,11,13H2,1-2H3/t17-/m1/s1. The SMILES string of the molecule is CCn1cc(S(=O)(=O)n2cc3c(n2)CN(C(=O)[C@H](CO)c2ccccc2)C3)c(C)n1. The quantitative estimate of drug-likeness (QED) is 0.632. The smallest absolute Gasteiger partial charge is 0.286 e. The number of hydrogen-bond acceptors (Lipinski definition) is 6. The van der Waals surface area contributed by atoms with E-state index in [1.807, 2.05) is 25.1 Å². The molecule has 1 atom stereocenters. The molecule has 9 nitrogen and oxygen atoms in total. The van der Waals surface area contributed by atoms with Gasteiger partial charge in [-0.2, -0.15) is 22.7 Å². The largest absolute Gasteiger partial charge is 0.395 e. The number of hydrogen-bond donors (Lipinski definition) is 1. The predicted octanol–water partition coefficient (Wildman–Crippen LogP) is 1.26. The second kappa shape index (κ2) is 7.69. The molecule has 0 fully saturated rings. The van der Waals surface area contributed by atoms with E-state index in [0.717, 1.165) is 9.65 Å². The molecular weight excluding hydrogens is 406 g/mol. The van der Waals surface area contributed by atoms with Crippen molar-refractivity contribution in [3.05, 3.63) is 65.2 Å². The first-order valence-corrected chi connectivity index (χ1v) is 11.1. The van der Waals surface area contributed by atoms with Crippen LogP contribution in [0.2, 0.25) is 0 Å². The molecule has 1 aromatic carbocycles. The van der Waals surface area contributed by atoms with E-state index < -0.39 is 15.9 Å². The highest BCUT2D eigenvalue weighted by molar-refractivity contribution is 7.89. The zero-order valence-corrected chi connectivity index (χ0v) is 17.6. The Morgan fingerprint density at radius 2 is 1.90 bits per heavy atom. The molecule has 0 radical (unpaired) electrons. The van der Waals surface area contributed by atoms with E-state index in [9.17, 15) is 18.3 Å². The van der Waals surface area contributed by atoms with Crippen molar-refractivity contribution in [1.82, 2.24) is 23.9 Å². The van der Waals surface area contributed by atoms with Crippen molar-refractivity contribution < 1.29 is 18.3 Å². The lowest BCUT2D eigenvalue weighted by molar-refractivity contribution is -0.134. The fraction of sp³-hybridized carbons (Fsp3) is 0.350. The Morgan fingerprint density at radius 3 is 2.50 bits per heavy atom. The van der Waals surface area contributed by atoms with Gasteiger partial charge in [-0.15, -0.1) is 0 Å². The molecule has 0 saturated carbocycles. The first-order valence-electron chi connectivity index (χ1n) is 9.66. The van der Waals surface area contributed by atoms with Crippen molar-refractivity contribution in [3.63, 3.8) is 0 Å². The van der Waals surface area contributed by atoms with Gasteiger partial charge in [0, 0.05) is 31.0 Å². The van der Waals surface area contributed by atoms with Crippen LogP contribution in [0.15, 0.2) is 47.6 Å². The summed E-state index contributed by atoms with van der Waals surface area (Å²) in [7, 11) is -3.86. The normalized spacial score (nSPS) is 14.7. The molecule has 0 unspecified atom stereocenters. The van der Waals surface area contributed by atoms with Crippen LogP contribution in [0.5, 0.6) is 0 Å². The summed E-state index contributed by atoms with van der Waals surface area (Å²) < 4.78 is 28.5. The topological polar surface area (TPSA) is 110 Å². The number of carbonyl (C=O) groups is 1. The summed E-state index contributed by atoms with van der Waals surface area (Å²) in [4.78, 5) is 14.6. The molecule has 1 N–H and O–H groups in total. The van der Waals surface area contributed by atoms with Crippen molar-refractivity contribution in [2.24, 2.45) is 0 Å². The molecule has 1 amide bonds. The van der Waals surface area contributed by atoms with Gasteiger partial charge in [-0.25, -0.2) is 0 Å². The third kappa shape index (κ3) is 3.41. The van der Waals surface area contributed by atoms with Crippen LogP contribution in [0, 0.1) is 6.92 Å². The first-order chi connectivity index (χ1) is 14.3. The average Bonchev–Trinajstić information content (AvgIpc) is 3.42. The Bertz CT molecular complexity index is 1160. The van der Waals surface area contributed by atoms with Crippen LogP contribution in [-0.4, -0.2) is 49.9 Å². The molecule has 0 saturated heterocycles. The van der Waals surface area contributed by atoms with Crippen molar-refractivity contribution in [2.45, 2.75) is 44.3 Å². The van der Waals surface area contributed by atoms with Crippen molar-refractivity contribution in [2.75, 3.05) is 6.61 Å². The maximum absolute atomic E-state index is 13.0. The fourth-order valence-corrected chi connectivity index (χ4v) is 5.00. The third-order valence-corrected chi connectivity index (χ3v) is 6.94. The Balaban J connectivity index is 1.55. The van der Waals surface area contributed by atoms with Crippen LogP contribution < -0.4 is 0 Å². The minimum absolute atomic E-state index is 0.114. The van der Waals surface area contributed by atoms with Crippen LogP contribution in [0.4, 0.5) is 0 Å². The van der Waals surface area contributed by atoms with E-state index in [2.05, 4.69) is 10.2 Å². The predicted molar refractivity (Wildman–Crippen MR) is 108 cm³/mol. The number of aryl methyl sites for hydroxylation is 2. The van der Waals surface area contributed by atoms with Crippen molar-refractivity contribution >= 4 is 15.9 Å². The van der Waals surface area contributed by atoms with Gasteiger partial charge in [0.1, 0.15) is 4.90 Å². The van der Waals surface area contributed by atoms with E-state index in [4.69, 9.17) is 0 Å². The van der Waals surface area contributed by atoms with E-state index in [-0.39, 0.29) is 30.5 Å². The number of rotatable bonds is 6. The van der Waals surface area contributed by atoms with Crippen molar-refractivity contribution in [3.8, 4) is 0 Å². The molecular formula is C20H23N5O4S. The monoisotopic (exact) mass is 429 g/mol. The zero-order valence-electron chi connectivity index (χ0n) is 16.8. The maximum Gasteiger partial charge on any atom is 0.286 e. The molecule has 0 spiro atoms. The highest BCUT2D eigenvalue weighted by Crippen LogP contribution is 2.28. The zero-order chi connectivity index (χ0) is 21.5. The van der Waals surface area contributed by atoms with Gasteiger partial charge in [-0.1, -0.05) is 30.3 Å². The molecule has 0 aliphatic carbocycles. The average molecular weight is 430 g/mol. The van der Waals surface area contributed by atoms with Crippen molar-refractivity contribution in [1.29, 1.82) is 0 Å². The van der Waals surface area contributed by atoms with Crippen LogP contribution in [-0.2, 0) is 34.5 Å². The van der Waals surface area contributed by atoms with Gasteiger partial charge >= 0.3 is 0 Å². The fourth-order valence-electron chi connectivity index (χ4n) is 3.65. The molecule has 4 rings (SSSR count). The summed E-state index contributed by atoms with van der Waals surface area (Å²) in [5, 5.41) is 18.2. The lowest BCUT2D eigenvalue weighted by Gasteiger charge is -2.22. The molecule has 0 bridgehead atoms. The molecule has 158 valence electrons. The minimum Gasteiger partial charge on any atom is -0.395 e. The number of aliphatic hydroxyl groups excluding tert-OH is 1. The van der Waals surface area contributed by atoms with Crippen LogP contribution in [0.1, 0.15) is 35.4 Å². The van der Waals surface area contributed by atoms with Gasteiger partial charge in [-0.3, -0.25) is 9.48 Å². The summed E-state index contributed by atoms with van der Waals surface area (Å²) in [6.45, 7) is 4.25. The summed E-state index contributed by atoms with van der Waals surface area (Å²) >= 11 is 0. The molecule has 1 aliphatic heterocycles.